The van der Waals surface area contributed by atoms with E-state index >= 15 is 0 Å². The third-order valence-corrected chi connectivity index (χ3v) is 2.56. The fourth-order valence-electron chi connectivity index (χ4n) is 1.82. The lowest BCUT2D eigenvalue weighted by molar-refractivity contribution is 0.249. The smallest absolute Gasteiger partial charge is 0.312 e. The number of rotatable bonds is 4. The molecule has 0 fully saturated rings. The van der Waals surface area contributed by atoms with E-state index in [2.05, 4.69) is 10.6 Å². The SMILES string of the molecule is NC(=O)NCCc1cn(N=O)c2ccccc12. The molecule has 0 unspecified atom stereocenters. The number of nitroso groups, excluding NO2 is 1. The predicted octanol–water partition coefficient (Wildman–Crippen LogP) is 1.38. The summed E-state index contributed by atoms with van der Waals surface area (Å²) in [5, 5.41) is 6.38. The van der Waals surface area contributed by atoms with Gasteiger partial charge >= 0.3 is 6.03 Å². The summed E-state index contributed by atoms with van der Waals surface area (Å²) < 4.78 is 1.29. The van der Waals surface area contributed by atoms with Crippen LogP contribution in [0.3, 0.4) is 0 Å². The standard InChI is InChI=1S/C11H12N4O2/c12-11(16)13-6-5-8-7-15(14-17)10-4-2-1-3-9(8)10/h1-4,7H,5-6H2,(H3,12,13,16). The number of fused-ring (bicyclic) bond motifs is 1. The molecule has 88 valence electrons. The quantitative estimate of drug-likeness (QED) is 0.780. The van der Waals surface area contributed by atoms with Crippen molar-refractivity contribution in [2.45, 2.75) is 6.42 Å². The molecule has 2 amide bonds. The molecule has 1 heterocycles. The van der Waals surface area contributed by atoms with Crippen LogP contribution in [0.4, 0.5) is 4.79 Å². The molecule has 6 nitrogen and oxygen atoms in total. The molecule has 0 aliphatic carbocycles. The number of aromatic nitrogens is 1. The lowest BCUT2D eigenvalue weighted by Gasteiger charge is -2.00. The van der Waals surface area contributed by atoms with E-state index in [0.29, 0.717) is 13.0 Å². The molecule has 0 bridgehead atoms. The van der Waals surface area contributed by atoms with Crippen LogP contribution in [-0.4, -0.2) is 17.3 Å². The maximum Gasteiger partial charge on any atom is 0.312 e. The van der Waals surface area contributed by atoms with Crippen molar-refractivity contribution in [1.29, 1.82) is 0 Å². The van der Waals surface area contributed by atoms with Gasteiger partial charge in [-0.25, -0.2) is 9.47 Å². The van der Waals surface area contributed by atoms with Crippen molar-refractivity contribution in [3.05, 3.63) is 40.9 Å². The van der Waals surface area contributed by atoms with Crippen LogP contribution in [0.1, 0.15) is 5.56 Å². The van der Waals surface area contributed by atoms with Crippen molar-refractivity contribution in [2.75, 3.05) is 6.54 Å². The van der Waals surface area contributed by atoms with E-state index in [1.165, 1.54) is 4.68 Å². The van der Waals surface area contributed by atoms with Gasteiger partial charge in [-0.15, -0.1) is 4.91 Å². The number of nitrogens with one attached hydrogen (secondary N) is 1. The zero-order valence-corrected chi connectivity index (χ0v) is 9.09. The molecule has 3 N–H and O–H groups in total. The summed E-state index contributed by atoms with van der Waals surface area (Å²) in [7, 11) is 0. The number of urea groups is 1. The summed E-state index contributed by atoms with van der Waals surface area (Å²) >= 11 is 0. The van der Waals surface area contributed by atoms with E-state index in [9.17, 15) is 9.70 Å². The molecule has 1 aromatic carbocycles. The number of hydrogen-bond acceptors (Lipinski definition) is 3. The van der Waals surface area contributed by atoms with Crippen LogP contribution in [0.25, 0.3) is 10.9 Å². The Kier molecular flexibility index (Phi) is 3.04. The Labute approximate surface area is 97.3 Å². The average Bonchev–Trinajstić information content (AvgIpc) is 2.68. The molecule has 2 rings (SSSR count). The van der Waals surface area contributed by atoms with E-state index in [1.807, 2.05) is 24.3 Å². The van der Waals surface area contributed by atoms with Crippen LogP contribution in [0, 0.1) is 4.91 Å². The zero-order valence-electron chi connectivity index (χ0n) is 9.09. The van der Waals surface area contributed by atoms with Crippen LogP contribution in [0.5, 0.6) is 0 Å². The molecule has 0 radical (unpaired) electrons. The van der Waals surface area contributed by atoms with E-state index in [0.717, 1.165) is 16.5 Å². The monoisotopic (exact) mass is 232 g/mol. The number of nitrogens with zero attached hydrogens (tertiary/aromatic N) is 2. The third-order valence-electron chi connectivity index (χ3n) is 2.56. The van der Waals surface area contributed by atoms with Crippen LogP contribution in [-0.2, 0) is 6.42 Å². The first kappa shape index (κ1) is 11.1. The molecule has 0 saturated heterocycles. The van der Waals surface area contributed by atoms with Crippen molar-refractivity contribution >= 4 is 16.9 Å². The first-order valence-electron chi connectivity index (χ1n) is 5.18. The first-order chi connectivity index (χ1) is 8.22. The number of benzene rings is 1. The van der Waals surface area contributed by atoms with E-state index in [4.69, 9.17) is 5.73 Å². The fourth-order valence-corrected chi connectivity index (χ4v) is 1.82. The average molecular weight is 232 g/mol. The minimum atomic E-state index is -0.553. The number of hydrogen-bond donors (Lipinski definition) is 2. The molecule has 17 heavy (non-hydrogen) atoms. The topological polar surface area (TPSA) is 89.5 Å². The summed E-state index contributed by atoms with van der Waals surface area (Å²) in [6.45, 7) is 0.433. The molecule has 6 heteroatoms. The normalized spacial score (nSPS) is 10.4. The van der Waals surface area contributed by atoms with Gasteiger partial charge in [-0.2, -0.15) is 0 Å². The fraction of sp³-hybridized carbons (Fsp3) is 0.182. The van der Waals surface area contributed by atoms with Crippen molar-refractivity contribution in [2.24, 2.45) is 11.0 Å². The van der Waals surface area contributed by atoms with Gasteiger partial charge in [-0.3, -0.25) is 0 Å². The highest BCUT2D eigenvalue weighted by atomic mass is 16.3. The molecule has 0 aliphatic heterocycles. The second-order valence-corrected chi connectivity index (χ2v) is 3.64. The van der Waals surface area contributed by atoms with Gasteiger partial charge < -0.3 is 11.1 Å². The van der Waals surface area contributed by atoms with Gasteiger partial charge in [0.1, 0.15) is 0 Å². The Balaban J connectivity index is 2.27. The Morgan fingerprint density at radius 2 is 2.18 bits per heavy atom. The Morgan fingerprint density at radius 3 is 2.88 bits per heavy atom. The molecule has 2 aromatic rings. The molecule has 0 aliphatic rings. The lowest BCUT2D eigenvalue weighted by Crippen LogP contribution is -2.30. The second kappa shape index (κ2) is 4.65. The van der Waals surface area contributed by atoms with Crippen molar-refractivity contribution < 1.29 is 4.79 Å². The van der Waals surface area contributed by atoms with Gasteiger partial charge in [0.2, 0.25) is 0 Å². The van der Waals surface area contributed by atoms with Gasteiger partial charge in [0, 0.05) is 18.1 Å². The number of carbonyl (C=O) groups excluding carboxylic acids is 1. The van der Waals surface area contributed by atoms with Crippen LogP contribution in [0.15, 0.2) is 35.7 Å². The van der Waals surface area contributed by atoms with E-state index in [-0.39, 0.29) is 0 Å². The highest BCUT2D eigenvalue weighted by Gasteiger charge is 2.07. The molecular weight excluding hydrogens is 220 g/mol. The van der Waals surface area contributed by atoms with Gasteiger partial charge in [0.25, 0.3) is 0 Å². The number of nitrogens with two attached hydrogens (primary N) is 1. The molecule has 0 atom stereocenters. The van der Waals surface area contributed by atoms with Crippen LogP contribution < -0.4 is 11.1 Å². The molecule has 0 spiro atoms. The summed E-state index contributed by atoms with van der Waals surface area (Å²) in [5.41, 5.74) is 6.69. The second-order valence-electron chi connectivity index (χ2n) is 3.64. The molecule has 0 saturated carbocycles. The minimum Gasteiger partial charge on any atom is -0.352 e. The number of para-hydroxylation sites is 1. The van der Waals surface area contributed by atoms with Crippen molar-refractivity contribution in [1.82, 2.24) is 9.99 Å². The van der Waals surface area contributed by atoms with E-state index < -0.39 is 6.03 Å². The summed E-state index contributed by atoms with van der Waals surface area (Å²) in [6, 6.07) is 6.92. The van der Waals surface area contributed by atoms with Crippen LogP contribution in [0.2, 0.25) is 0 Å². The first-order valence-corrected chi connectivity index (χ1v) is 5.18. The van der Waals surface area contributed by atoms with E-state index in [1.54, 1.807) is 6.20 Å². The van der Waals surface area contributed by atoms with Crippen LogP contribution >= 0.6 is 0 Å². The van der Waals surface area contributed by atoms with Crippen molar-refractivity contribution in [3.63, 3.8) is 0 Å². The number of primary amides is 1. The third kappa shape index (κ3) is 2.25. The van der Waals surface area contributed by atoms with Gasteiger partial charge in [0.05, 0.1) is 10.8 Å². The van der Waals surface area contributed by atoms with Crippen molar-refractivity contribution in [3.8, 4) is 0 Å². The minimum absolute atomic E-state index is 0.433. The maximum atomic E-state index is 10.6. The Morgan fingerprint density at radius 1 is 1.41 bits per heavy atom. The largest absolute Gasteiger partial charge is 0.352 e. The summed E-state index contributed by atoms with van der Waals surface area (Å²) in [5.74, 6) is 0. The zero-order chi connectivity index (χ0) is 12.3. The van der Waals surface area contributed by atoms with Gasteiger partial charge in [-0.1, -0.05) is 18.2 Å². The molecular formula is C11H12N4O2. The highest BCUT2D eigenvalue weighted by molar-refractivity contribution is 5.84. The molecule has 1 aromatic heterocycles. The summed E-state index contributed by atoms with van der Waals surface area (Å²) in [6.07, 6.45) is 2.27. The number of carbonyl (C=O) groups is 1. The van der Waals surface area contributed by atoms with Gasteiger partial charge in [0.15, 0.2) is 0 Å². The Bertz CT molecular complexity index is 562. The number of amides is 2. The summed E-state index contributed by atoms with van der Waals surface area (Å²) in [4.78, 5) is 21.2. The van der Waals surface area contributed by atoms with Gasteiger partial charge in [-0.05, 0) is 18.1 Å². The Hall–Kier alpha value is -2.37. The maximum absolute atomic E-state index is 10.6. The predicted molar refractivity (Wildman–Crippen MR) is 64.4 cm³/mol. The highest BCUT2D eigenvalue weighted by Crippen LogP contribution is 2.21. The lowest BCUT2D eigenvalue weighted by atomic mass is 10.1.